The van der Waals surface area contributed by atoms with E-state index >= 15 is 0 Å². The topological polar surface area (TPSA) is 42.0 Å². The first-order valence-electron chi connectivity index (χ1n) is 5.57. The Hall–Kier alpha value is -1.20. The van der Waals surface area contributed by atoms with Crippen molar-refractivity contribution in [2.75, 3.05) is 0 Å². The highest BCUT2D eigenvalue weighted by Crippen LogP contribution is 2.26. The summed E-state index contributed by atoms with van der Waals surface area (Å²) in [6.45, 7) is 0. The third-order valence-corrected chi connectivity index (χ3v) is 4.23. The van der Waals surface area contributed by atoms with Crippen molar-refractivity contribution in [2.24, 2.45) is 0 Å². The molecule has 1 N–H and O–H groups in total. The van der Waals surface area contributed by atoms with Gasteiger partial charge in [-0.15, -0.1) is 11.3 Å². The summed E-state index contributed by atoms with van der Waals surface area (Å²) in [6, 6.07) is 2.48. The average molecular weight is 264 g/mol. The molecule has 2 aromatic rings. The molecular formula is C12H12N2OS2. The summed E-state index contributed by atoms with van der Waals surface area (Å²) in [6.07, 6.45) is 2.66. The van der Waals surface area contributed by atoms with E-state index in [4.69, 9.17) is 0 Å². The van der Waals surface area contributed by atoms with Gasteiger partial charge in [0.15, 0.2) is 0 Å². The third kappa shape index (κ3) is 2.73. The van der Waals surface area contributed by atoms with Crippen LogP contribution in [-0.4, -0.2) is 16.9 Å². The molecule has 1 saturated carbocycles. The highest BCUT2D eigenvalue weighted by molar-refractivity contribution is 7.14. The van der Waals surface area contributed by atoms with Gasteiger partial charge < -0.3 is 5.32 Å². The molecule has 0 aromatic carbocycles. The number of carbonyl (C=O) groups excluding carboxylic acids is 1. The van der Waals surface area contributed by atoms with E-state index in [9.17, 15) is 4.79 Å². The minimum atomic E-state index is 0.0923. The molecule has 0 radical (unpaired) electrons. The first-order chi connectivity index (χ1) is 8.31. The van der Waals surface area contributed by atoms with Crippen LogP contribution in [0.4, 0.5) is 0 Å². The first kappa shape index (κ1) is 10.9. The van der Waals surface area contributed by atoms with E-state index in [0.29, 0.717) is 12.5 Å². The maximum absolute atomic E-state index is 11.6. The Kier molecular flexibility index (Phi) is 2.94. The number of carbonyl (C=O) groups is 1. The number of thiazole rings is 1. The van der Waals surface area contributed by atoms with E-state index in [1.165, 1.54) is 0 Å². The van der Waals surface area contributed by atoms with E-state index in [1.807, 2.05) is 10.8 Å². The SMILES string of the molecule is O=C(Cc1csc(-c2ccsc2)n1)NC1CC1. The lowest BCUT2D eigenvalue weighted by atomic mass is 10.3. The van der Waals surface area contributed by atoms with Gasteiger partial charge >= 0.3 is 0 Å². The van der Waals surface area contributed by atoms with Crippen LogP contribution in [0.25, 0.3) is 10.6 Å². The van der Waals surface area contributed by atoms with Gasteiger partial charge in [0.1, 0.15) is 5.01 Å². The van der Waals surface area contributed by atoms with Crippen LogP contribution in [0.5, 0.6) is 0 Å². The Morgan fingerprint density at radius 3 is 3.06 bits per heavy atom. The summed E-state index contributed by atoms with van der Waals surface area (Å²) in [5, 5.41) is 10.1. The number of hydrogen-bond acceptors (Lipinski definition) is 4. The number of amides is 1. The molecule has 1 aliphatic carbocycles. The highest BCUT2D eigenvalue weighted by Gasteiger charge is 2.23. The van der Waals surface area contributed by atoms with Gasteiger partial charge in [0.2, 0.25) is 5.91 Å². The molecular weight excluding hydrogens is 252 g/mol. The molecule has 1 aliphatic rings. The third-order valence-electron chi connectivity index (χ3n) is 2.60. The first-order valence-corrected chi connectivity index (χ1v) is 7.40. The molecule has 88 valence electrons. The molecule has 5 heteroatoms. The fraction of sp³-hybridized carbons (Fsp3) is 0.333. The minimum absolute atomic E-state index is 0.0923. The quantitative estimate of drug-likeness (QED) is 0.922. The van der Waals surface area contributed by atoms with Gasteiger partial charge in [-0.3, -0.25) is 4.79 Å². The predicted molar refractivity (Wildman–Crippen MR) is 70.3 cm³/mol. The molecule has 0 aliphatic heterocycles. The minimum Gasteiger partial charge on any atom is -0.353 e. The van der Waals surface area contributed by atoms with Gasteiger partial charge in [-0.05, 0) is 24.3 Å². The van der Waals surface area contributed by atoms with E-state index in [0.717, 1.165) is 29.1 Å². The standard InChI is InChI=1S/C12H12N2OS2/c15-11(13-9-1-2-9)5-10-7-17-12(14-10)8-3-4-16-6-8/h3-4,6-7,9H,1-2,5H2,(H,13,15). The molecule has 0 unspecified atom stereocenters. The summed E-state index contributed by atoms with van der Waals surface area (Å²) < 4.78 is 0. The second kappa shape index (κ2) is 4.58. The molecule has 0 atom stereocenters. The van der Waals surface area contributed by atoms with Crippen LogP contribution in [0.3, 0.4) is 0 Å². The lowest BCUT2D eigenvalue weighted by molar-refractivity contribution is -0.120. The van der Waals surface area contributed by atoms with Gasteiger partial charge in [-0.1, -0.05) is 0 Å². The number of nitrogens with zero attached hydrogens (tertiary/aromatic N) is 1. The van der Waals surface area contributed by atoms with E-state index in [1.54, 1.807) is 22.7 Å². The fourth-order valence-electron chi connectivity index (χ4n) is 1.58. The smallest absolute Gasteiger partial charge is 0.226 e. The van der Waals surface area contributed by atoms with Gasteiger partial charge in [-0.25, -0.2) is 4.98 Å². The van der Waals surface area contributed by atoms with Crippen molar-refractivity contribution in [3.8, 4) is 10.6 Å². The molecule has 17 heavy (non-hydrogen) atoms. The molecule has 3 nitrogen and oxygen atoms in total. The zero-order valence-corrected chi connectivity index (χ0v) is 10.8. The van der Waals surface area contributed by atoms with Crippen LogP contribution in [-0.2, 0) is 11.2 Å². The average Bonchev–Trinajstić information content (AvgIpc) is 2.84. The fourth-order valence-corrected chi connectivity index (χ4v) is 3.11. The van der Waals surface area contributed by atoms with Crippen LogP contribution in [0, 0.1) is 0 Å². The van der Waals surface area contributed by atoms with Crippen molar-refractivity contribution in [2.45, 2.75) is 25.3 Å². The lowest BCUT2D eigenvalue weighted by Crippen LogP contribution is -2.27. The Labute approximate surface area is 108 Å². The number of nitrogens with one attached hydrogen (secondary N) is 1. The summed E-state index contributed by atoms with van der Waals surface area (Å²) in [7, 11) is 0. The Bertz CT molecular complexity index is 514. The van der Waals surface area contributed by atoms with E-state index in [-0.39, 0.29) is 5.91 Å². The zero-order valence-electron chi connectivity index (χ0n) is 9.18. The predicted octanol–water partition coefficient (Wildman–Crippen LogP) is 2.69. The van der Waals surface area contributed by atoms with Crippen LogP contribution in [0.1, 0.15) is 18.5 Å². The van der Waals surface area contributed by atoms with Crippen molar-refractivity contribution >= 4 is 28.6 Å². The summed E-state index contributed by atoms with van der Waals surface area (Å²) in [5.74, 6) is 0.0923. The number of aromatic nitrogens is 1. The van der Waals surface area contributed by atoms with Crippen molar-refractivity contribution in [3.05, 3.63) is 27.9 Å². The summed E-state index contributed by atoms with van der Waals surface area (Å²) >= 11 is 3.26. The molecule has 1 fully saturated rings. The monoisotopic (exact) mass is 264 g/mol. The van der Waals surface area contributed by atoms with E-state index < -0.39 is 0 Å². The second-order valence-electron chi connectivity index (χ2n) is 4.17. The molecule has 3 rings (SSSR count). The van der Waals surface area contributed by atoms with Gasteiger partial charge in [0.25, 0.3) is 0 Å². The number of thiophene rings is 1. The van der Waals surface area contributed by atoms with Crippen molar-refractivity contribution in [1.29, 1.82) is 0 Å². The molecule has 2 heterocycles. The summed E-state index contributed by atoms with van der Waals surface area (Å²) in [5.41, 5.74) is 2.02. The van der Waals surface area contributed by atoms with Gasteiger partial charge in [-0.2, -0.15) is 11.3 Å². The lowest BCUT2D eigenvalue weighted by Gasteiger charge is -1.99. The number of hydrogen-bond donors (Lipinski definition) is 1. The Morgan fingerprint density at radius 1 is 1.47 bits per heavy atom. The highest BCUT2D eigenvalue weighted by atomic mass is 32.1. The molecule has 0 bridgehead atoms. The van der Waals surface area contributed by atoms with Crippen LogP contribution in [0.2, 0.25) is 0 Å². The largest absolute Gasteiger partial charge is 0.353 e. The molecule has 1 amide bonds. The van der Waals surface area contributed by atoms with Crippen molar-refractivity contribution < 1.29 is 4.79 Å². The number of rotatable bonds is 4. The maximum atomic E-state index is 11.6. The van der Waals surface area contributed by atoms with Crippen molar-refractivity contribution in [3.63, 3.8) is 0 Å². The maximum Gasteiger partial charge on any atom is 0.226 e. The zero-order chi connectivity index (χ0) is 11.7. The van der Waals surface area contributed by atoms with Gasteiger partial charge in [0, 0.05) is 22.4 Å². The summed E-state index contributed by atoms with van der Waals surface area (Å²) in [4.78, 5) is 16.1. The second-order valence-corrected chi connectivity index (χ2v) is 5.81. The van der Waals surface area contributed by atoms with Crippen molar-refractivity contribution in [1.82, 2.24) is 10.3 Å². The Morgan fingerprint density at radius 2 is 2.35 bits per heavy atom. The van der Waals surface area contributed by atoms with Gasteiger partial charge in [0.05, 0.1) is 12.1 Å². The van der Waals surface area contributed by atoms with Crippen LogP contribution < -0.4 is 5.32 Å². The van der Waals surface area contributed by atoms with Crippen LogP contribution in [0.15, 0.2) is 22.2 Å². The van der Waals surface area contributed by atoms with Crippen LogP contribution >= 0.6 is 22.7 Å². The molecule has 2 aromatic heterocycles. The molecule has 0 spiro atoms. The molecule has 0 saturated heterocycles. The van der Waals surface area contributed by atoms with E-state index in [2.05, 4.69) is 21.7 Å². The Balaban J connectivity index is 1.65. The normalized spacial score (nSPS) is 14.8.